The van der Waals surface area contributed by atoms with Crippen LogP contribution in [0.3, 0.4) is 0 Å². The highest BCUT2D eigenvalue weighted by Crippen LogP contribution is 2.42. The Bertz CT molecular complexity index is 1120. The number of hydrogen-bond donors (Lipinski definition) is 0. The molecule has 7 nitrogen and oxygen atoms in total. The van der Waals surface area contributed by atoms with Gasteiger partial charge in [0.05, 0.1) is 16.6 Å². The van der Waals surface area contributed by atoms with Gasteiger partial charge in [-0.3, -0.25) is 0 Å². The fourth-order valence-electron chi connectivity index (χ4n) is 2.91. The molecule has 0 amide bonds. The summed E-state index contributed by atoms with van der Waals surface area (Å²) in [4.78, 5) is 4.28. The second kappa shape index (κ2) is 6.15. The maximum atomic E-state index is 13.7. The van der Waals surface area contributed by atoms with E-state index in [4.69, 9.17) is 13.7 Å². The maximum absolute atomic E-state index is 13.7. The van der Waals surface area contributed by atoms with Crippen molar-refractivity contribution in [1.29, 1.82) is 0 Å². The first-order valence-electron chi connectivity index (χ1n) is 8.69. The van der Waals surface area contributed by atoms with Crippen LogP contribution in [0.15, 0.2) is 45.5 Å². The number of rotatable bonds is 5. The molecule has 0 unspecified atom stereocenters. The number of aromatic nitrogens is 4. The quantitative estimate of drug-likeness (QED) is 0.516. The van der Waals surface area contributed by atoms with Crippen LogP contribution in [0.2, 0.25) is 0 Å². The molecular weight excluding hydrogens is 351 g/mol. The molecule has 0 spiro atoms. The Morgan fingerprint density at radius 2 is 2.07 bits per heavy atom. The molecule has 5 rings (SSSR count). The van der Waals surface area contributed by atoms with Gasteiger partial charge in [0.15, 0.2) is 17.7 Å². The molecule has 1 aliphatic rings. The first-order valence-corrected chi connectivity index (χ1v) is 8.69. The lowest BCUT2D eigenvalue weighted by molar-refractivity contribution is 0.182. The fraction of sp³-hybridized carbons (Fsp3) is 0.263. The van der Waals surface area contributed by atoms with Gasteiger partial charge in [-0.05, 0) is 38.0 Å². The van der Waals surface area contributed by atoms with Gasteiger partial charge < -0.3 is 13.7 Å². The van der Waals surface area contributed by atoms with Crippen molar-refractivity contribution in [1.82, 2.24) is 20.3 Å². The Morgan fingerprint density at radius 3 is 2.89 bits per heavy atom. The summed E-state index contributed by atoms with van der Waals surface area (Å²) in [7, 11) is 0. The third kappa shape index (κ3) is 2.92. The van der Waals surface area contributed by atoms with Crippen molar-refractivity contribution in [3.63, 3.8) is 0 Å². The van der Waals surface area contributed by atoms with Gasteiger partial charge in [-0.15, -0.1) is 10.2 Å². The van der Waals surface area contributed by atoms with Gasteiger partial charge in [-0.2, -0.15) is 0 Å². The molecule has 0 aliphatic heterocycles. The number of pyridine rings is 1. The summed E-state index contributed by atoms with van der Waals surface area (Å²) in [5, 5.41) is 13.1. The summed E-state index contributed by atoms with van der Waals surface area (Å²) in [6, 6.07) is 8.07. The zero-order valence-corrected chi connectivity index (χ0v) is 14.4. The molecule has 0 radical (unpaired) electrons. The molecule has 8 heteroatoms. The number of halogens is 1. The predicted octanol–water partition coefficient (Wildman–Crippen LogP) is 4.43. The average Bonchev–Trinajstić information content (AvgIpc) is 3.24. The van der Waals surface area contributed by atoms with E-state index in [-0.39, 0.29) is 11.6 Å². The van der Waals surface area contributed by atoms with E-state index in [1.807, 2.05) is 6.07 Å². The van der Waals surface area contributed by atoms with Gasteiger partial charge in [-0.25, -0.2) is 9.37 Å². The van der Waals surface area contributed by atoms with Crippen LogP contribution in [0.25, 0.3) is 22.6 Å². The molecule has 4 aromatic rings. The molecule has 1 fully saturated rings. The van der Waals surface area contributed by atoms with E-state index in [1.165, 1.54) is 6.07 Å². The van der Waals surface area contributed by atoms with Crippen molar-refractivity contribution in [2.45, 2.75) is 31.8 Å². The number of ether oxygens (including phenoxy) is 1. The van der Waals surface area contributed by atoms with E-state index in [0.29, 0.717) is 23.1 Å². The minimum Gasteiger partial charge on any atom is -0.478 e. The number of fused-ring (bicyclic) bond motifs is 1. The van der Waals surface area contributed by atoms with Crippen LogP contribution in [0.5, 0.6) is 5.75 Å². The Morgan fingerprint density at radius 1 is 1.22 bits per heavy atom. The Balaban J connectivity index is 1.42. The lowest BCUT2D eigenvalue weighted by Crippen LogP contribution is -2.04. The maximum Gasteiger partial charge on any atom is 0.257 e. The molecule has 1 aliphatic carbocycles. The lowest BCUT2D eigenvalue weighted by atomic mass is 10.1. The zero-order chi connectivity index (χ0) is 18.4. The number of hydrogen-bond acceptors (Lipinski definition) is 7. The third-order valence-corrected chi connectivity index (χ3v) is 4.50. The van der Waals surface area contributed by atoms with Crippen molar-refractivity contribution >= 4 is 11.1 Å². The van der Waals surface area contributed by atoms with Crippen LogP contribution in [0.1, 0.15) is 43.4 Å². The Hall–Kier alpha value is -3.29. The molecule has 0 saturated heterocycles. The Kier molecular flexibility index (Phi) is 3.63. The van der Waals surface area contributed by atoms with Crippen LogP contribution >= 0.6 is 0 Å². The number of nitrogens with zero attached hydrogens (tertiary/aromatic N) is 4. The molecule has 0 N–H and O–H groups in total. The molecule has 27 heavy (non-hydrogen) atoms. The highest BCUT2D eigenvalue weighted by Gasteiger charge is 2.29. The average molecular weight is 366 g/mol. The van der Waals surface area contributed by atoms with Crippen LogP contribution in [0, 0.1) is 5.82 Å². The number of benzene rings is 1. The molecule has 3 heterocycles. The lowest BCUT2D eigenvalue weighted by Gasteiger charge is -2.11. The molecule has 1 atom stereocenters. The summed E-state index contributed by atoms with van der Waals surface area (Å²) in [5.74, 6) is 0.688. The molecule has 0 bridgehead atoms. The summed E-state index contributed by atoms with van der Waals surface area (Å²) < 4.78 is 30.3. The van der Waals surface area contributed by atoms with Crippen molar-refractivity contribution in [2.24, 2.45) is 0 Å². The van der Waals surface area contributed by atoms with Gasteiger partial charge in [-0.1, -0.05) is 17.3 Å². The molecule has 136 valence electrons. The fourth-order valence-corrected chi connectivity index (χ4v) is 2.91. The standard InChI is InChI=1S/C19H15FN4O3/c1-10(25-15-5-3-2-4-14(15)20)17-22-23-18(26-17)12-8-13-16(11-6-7-11)24-27-19(13)21-9-12/h2-5,8-11H,6-7H2,1H3/t10-/m0/s1. The van der Waals surface area contributed by atoms with Gasteiger partial charge in [0.25, 0.3) is 11.6 Å². The monoisotopic (exact) mass is 366 g/mol. The zero-order valence-electron chi connectivity index (χ0n) is 14.4. The van der Waals surface area contributed by atoms with E-state index in [2.05, 4.69) is 20.3 Å². The first kappa shape index (κ1) is 15.9. The van der Waals surface area contributed by atoms with Crippen molar-refractivity contribution in [3.05, 3.63) is 53.9 Å². The number of para-hydroxylation sites is 1. The third-order valence-electron chi connectivity index (χ3n) is 4.50. The van der Waals surface area contributed by atoms with Gasteiger partial charge in [0.1, 0.15) is 0 Å². The molecular formula is C19H15FN4O3. The van der Waals surface area contributed by atoms with Crippen LogP contribution in [-0.4, -0.2) is 20.3 Å². The first-order chi connectivity index (χ1) is 13.2. The normalized spacial score (nSPS) is 15.2. The second-order valence-electron chi connectivity index (χ2n) is 6.55. The smallest absolute Gasteiger partial charge is 0.257 e. The summed E-state index contributed by atoms with van der Waals surface area (Å²) >= 11 is 0. The molecule has 1 saturated carbocycles. The minimum atomic E-state index is -0.600. The van der Waals surface area contributed by atoms with Gasteiger partial charge >= 0.3 is 0 Å². The SMILES string of the molecule is C[C@H](Oc1ccccc1F)c1nnc(-c2cnc3onc(C4CC4)c3c2)o1. The van der Waals surface area contributed by atoms with Crippen LogP contribution in [-0.2, 0) is 0 Å². The van der Waals surface area contributed by atoms with E-state index in [0.717, 1.165) is 23.9 Å². The van der Waals surface area contributed by atoms with Crippen LogP contribution < -0.4 is 4.74 Å². The van der Waals surface area contributed by atoms with E-state index >= 15 is 0 Å². The van der Waals surface area contributed by atoms with Crippen molar-refractivity contribution < 1.29 is 18.1 Å². The predicted molar refractivity (Wildman–Crippen MR) is 92.5 cm³/mol. The largest absolute Gasteiger partial charge is 0.478 e. The summed E-state index contributed by atoms with van der Waals surface area (Å²) in [5.41, 5.74) is 2.09. The van der Waals surface area contributed by atoms with Crippen LogP contribution in [0.4, 0.5) is 4.39 Å². The molecule has 1 aromatic carbocycles. The van der Waals surface area contributed by atoms with Gasteiger partial charge in [0.2, 0.25) is 5.89 Å². The van der Waals surface area contributed by atoms with E-state index < -0.39 is 11.9 Å². The summed E-state index contributed by atoms with van der Waals surface area (Å²) in [6.45, 7) is 1.72. The van der Waals surface area contributed by atoms with E-state index in [9.17, 15) is 4.39 Å². The highest BCUT2D eigenvalue weighted by molar-refractivity contribution is 5.81. The highest BCUT2D eigenvalue weighted by atomic mass is 19.1. The second-order valence-corrected chi connectivity index (χ2v) is 6.55. The minimum absolute atomic E-state index is 0.131. The topological polar surface area (TPSA) is 87.1 Å². The molecule has 3 aromatic heterocycles. The van der Waals surface area contributed by atoms with Gasteiger partial charge in [0, 0.05) is 12.1 Å². The van der Waals surface area contributed by atoms with Crippen molar-refractivity contribution in [3.8, 4) is 17.2 Å². The Labute approximate surface area is 153 Å². The van der Waals surface area contributed by atoms with Crippen molar-refractivity contribution in [2.75, 3.05) is 0 Å². The van der Waals surface area contributed by atoms with E-state index in [1.54, 1.807) is 31.3 Å². The summed E-state index contributed by atoms with van der Waals surface area (Å²) in [6.07, 6.45) is 3.23.